The van der Waals surface area contributed by atoms with Crippen molar-refractivity contribution in [2.75, 3.05) is 12.4 Å². The van der Waals surface area contributed by atoms with Crippen LogP contribution in [0.25, 0.3) is 0 Å². The summed E-state index contributed by atoms with van der Waals surface area (Å²) in [6, 6.07) is 1.91. The molecule has 0 bridgehead atoms. The van der Waals surface area contributed by atoms with Crippen LogP contribution >= 0.6 is 21.1 Å². The molecule has 0 spiro atoms. The molecule has 0 aromatic heterocycles. The first kappa shape index (κ1) is 19.7. The molecule has 0 amide bonds. The van der Waals surface area contributed by atoms with E-state index >= 15 is 0 Å². The van der Waals surface area contributed by atoms with Crippen molar-refractivity contribution in [3.05, 3.63) is 0 Å². The molecule has 3 nitrogen and oxygen atoms in total. The number of hydrogen-bond acceptors (Lipinski definition) is 4. The third kappa shape index (κ3) is 6.31. The summed E-state index contributed by atoms with van der Waals surface area (Å²) in [6.45, 7) is 18.7. The largest absolute Gasteiger partial charge is 0.330 e. The van der Waals surface area contributed by atoms with Crippen LogP contribution in [0.4, 0.5) is 0 Å². The predicted molar refractivity (Wildman–Crippen MR) is 90.9 cm³/mol. The Balaban J connectivity index is 5.24. The minimum absolute atomic E-state index is 0.478. The fourth-order valence-electron chi connectivity index (χ4n) is 2.36. The first-order chi connectivity index (χ1) is 8.73. The van der Waals surface area contributed by atoms with E-state index < -0.39 is 8.45 Å². The summed E-state index contributed by atoms with van der Waals surface area (Å²) in [5, 5.41) is 0. The maximum absolute atomic E-state index is 6.20. The quantitative estimate of drug-likeness (QED) is 0.502. The minimum Gasteiger partial charge on any atom is -0.330 e. The topological polar surface area (TPSA) is 15.7 Å². The molecule has 0 aromatic carbocycles. The predicted octanol–water partition coefficient (Wildman–Crippen LogP) is 4.40. The third-order valence-corrected chi connectivity index (χ3v) is 6.04. The van der Waals surface area contributed by atoms with Gasteiger partial charge >= 0.3 is 0 Å². The van der Waals surface area contributed by atoms with Gasteiger partial charge < -0.3 is 4.52 Å². The number of rotatable bonds is 9. The van der Waals surface area contributed by atoms with Gasteiger partial charge in [0.2, 0.25) is 0 Å². The van der Waals surface area contributed by atoms with Crippen LogP contribution in [0.15, 0.2) is 0 Å². The van der Waals surface area contributed by atoms with Gasteiger partial charge in [-0.2, -0.15) is 12.6 Å². The summed E-state index contributed by atoms with van der Waals surface area (Å²) in [5.74, 6) is 0.771. The molecule has 0 aliphatic heterocycles. The van der Waals surface area contributed by atoms with E-state index in [0.29, 0.717) is 30.8 Å². The lowest BCUT2D eigenvalue weighted by atomic mass is 10.3. The molecule has 0 aliphatic rings. The Labute approximate surface area is 127 Å². The molecule has 0 aliphatic carbocycles. The summed E-state index contributed by atoms with van der Waals surface area (Å²) >= 11 is 4.29. The molecule has 0 saturated carbocycles. The van der Waals surface area contributed by atoms with E-state index in [4.69, 9.17) is 4.52 Å². The molecule has 0 N–H and O–H groups in total. The van der Waals surface area contributed by atoms with Crippen molar-refractivity contribution in [1.82, 2.24) is 9.34 Å². The van der Waals surface area contributed by atoms with Gasteiger partial charge in [0.1, 0.15) is 0 Å². The summed E-state index contributed by atoms with van der Waals surface area (Å²) in [7, 11) is -0.733. The highest BCUT2D eigenvalue weighted by Crippen LogP contribution is 2.50. The van der Waals surface area contributed by atoms with Crippen molar-refractivity contribution in [3.63, 3.8) is 0 Å². The van der Waals surface area contributed by atoms with Crippen LogP contribution in [0.1, 0.15) is 55.4 Å². The zero-order valence-corrected chi connectivity index (χ0v) is 15.7. The van der Waals surface area contributed by atoms with E-state index in [1.165, 1.54) is 0 Å². The van der Waals surface area contributed by atoms with Crippen molar-refractivity contribution in [1.29, 1.82) is 0 Å². The summed E-state index contributed by atoms with van der Waals surface area (Å²) in [6.07, 6.45) is 0. The number of hydrogen-bond donors (Lipinski definition) is 1. The van der Waals surface area contributed by atoms with E-state index in [9.17, 15) is 0 Å². The standard InChI is InChI=1S/C14H33N2OPS/c1-11(2)15(12(3)4)18(17-9-10-19)16(13(5)6)14(7)8/h11-14,19H,9-10H2,1-8H3. The van der Waals surface area contributed by atoms with Gasteiger partial charge in [-0.05, 0) is 55.4 Å². The van der Waals surface area contributed by atoms with Gasteiger partial charge in [-0.25, -0.2) is 9.34 Å². The molecule has 0 radical (unpaired) electrons. The second kappa shape index (κ2) is 9.57. The van der Waals surface area contributed by atoms with Crippen molar-refractivity contribution in [2.45, 2.75) is 79.6 Å². The van der Waals surface area contributed by atoms with Crippen LogP contribution in [0.5, 0.6) is 0 Å². The Morgan fingerprint density at radius 2 is 1.11 bits per heavy atom. The van der Waals surface area contributed by atoms with Crippen LogP contribution < -0.4 is 0 Å². The smallest absolute Gasteiger partial charge is 0.188 e. The average molecular weight is 308 g/mol. The van der Waals surface area contributed by atoms with Gasteiger partial charge in [0, 0.05) is 29.9 Å². The van der Waals surface area contributed by atoms with E-state index in [1.54, 1.807) is 0 Å². The molecular weight excluding hydrogens is 275 g/mol. The first-order valence-corrected chi connectivity index (χ1v) is 9.14. The van der Waals surface area contributed by atoms with E-state index in [-0.39, 0.29) is 0 Å². The maximum Gasteiger partial charge on any atom is 0.188 e. The van der Waals surface area contributed by atoms with Gasteiger partial charge in [-0.3, -0.25) is 0 Å². The molecule has 0 rings (SSSR count). The molecule has 0 aromatic rings. The highest BCUT2D eigenvalue weighted by molar-refractivity contribution is 7.80. The summed E-state index contributed by atoms with van der Waals surface area (Å²) < 4.78 is 11.2. The van der Waals surface area contributed by atoms with Gasteiger partial charge in [0.15, 0.2) is 8.45 Å². The summed E-state index contributed by atoms with van der Waals surface area (Å²) in [5.41, 5.74) is 0. The average Bonchev–Trinajstić information content (AvgIpc) is 2.23. The normalized spacial score (nSPS) is 13.3. The van der Waals surface area contributed by atoms with Crippen LogP contribution in [0, 0.1) is 0 Å². The molecule has 19 heavy (non-hydrogen) atoms. The second-order valence-electron chi connectivity index (χ2n) is 5.94. The first-order valence-electron chi connectivity index (χ1n) is 7.34. The van der Waals surface area contributed by atoms with Gasteiger partial charge in [-0.1, -0.05) is 0 Å². The molecule has 116 valence electrons. The molecular formula is C14H33N2OPS. The molecule has 0 heterocycles. The van der Waals surface area contributed by atoms with Crippen molar-refractivity contribution < 1.29 is 4.52 Å². The molecule has 0 fully saturated rings. The fraction of sp³-hybridized carbons (Fsp3) is 1.00. The lowest BCUT2D eigenvalue weighted by Gasteiger charge is -2.45. The fourth-order valence-corrected chi connectivity index (χ4v) is 4.93. The highest BCUT2D eigenvalue weighted by atomic mass is 32.1. The van der Waals surface area contributed by atoms with Crippen molar-refractivity contribution >= 4 is 21.1 Å². The Hall–Kier alpha value is 0.660. The Kier molecular flexibility index (Phi) is 9.90. The van der Waals surface area contributed by atoms with Crippen molar-refractivity contribution in [2.24, 2.45) is 0 Å². The van der Waals surface area contributed by atoms with Crippen LogP contribution in [-0.2, 0) is 4.52 Å². The Morgan fingerprint density at radius 1 is 0.789 bits per heavy atom. The Bertz CT molecular complexity index is 201. The van der Waals surface area contributed by atoms with Crippen molar-refractivity contribution in [3.8, 4) is 0 Å². The zero-order valence-electron chi connectivity index (χ0n) is 13.9. The minimum atomic E-state index is -0.733. The molecule has 0 unspecified atom stereocenters. The third-order valence-electron chi connectivity index (χ3n) is 2.81. The van der Waals surface area contributed by atoms with Gasteiger partial charge in [-0.15, -0.1) is 0 Å². The van der Waals surface area contributed by atoms with E-state index in [0.717, 1.165) is 5.75 Å². The second-order valence-corrected chi connectivity index (χ2v) is 8.08. The number of thiol groups is 1. The van der Waals surface area contributed by atoms with E-state index in [2.05, 4.69) is 77.4 Å². The number of nitrogens with zero attached hydrogens (tertiary/aromatic N) is 2. The summed E-state index contributed by atoms with van der Waals surface area (Å²) in [4.78, 5) is 0. The monoisotopic (exact) mass is 308 g/mol. The molecule has 0 atom stereocenters. The van der Waals surface area contributed by atoms with Crippen LogP contribution in [-0.4, -0.2) is 45.9 Å². The van der Waals surface area contributed by atoms with E-state index in [1.807, 2.05) is 0 Å². The van der Waals surface area contributed by atoms with Crippen LogP contribution in [0.2, 0.25) is 0 Å². The van der Waals surface area contributed by atoms with Crippen LogP contribution in [0.3, 0.4) is 0 Å². The lowest BCUT2D eigenvalue weighted by Crippen LogP contribution is -2.43. The lowest BCUT2D eigenvalue weighted by molar-refractivity contribution is 0.192. The van der Waals surface area contributed by atoms with Gasteiger partial charge in [0.25, 0.3) is 0 Å². The maximum atomic E-state index is 6.20. The molecule has 5 heteroatoms. The Morgan fingerprint density at radius 3 is 1.32 bits per heavy atom. The zero-order chi connectivity index (χ0) is 15.2. The van der Waals surface area contributed by atoms with Gasteiger partial charge in [0.05, 0.1) is 6.61 Å². The SMILES string of the molecule is CC(C)N(C(C)C)P(OCCS)N(C(C)C)C(C)C. The molecule has 0 saturated heterocycles. The highest BCUT2D eigenvalue weighted by Gasteiger charge is 2.34.